The van der Waals surface area contributed by atoms with Gasteiger partial charge in [0.2, 0.25) is 5.91 Å². The number of carbonyl (C=O) groups is 1. The highest BCUT2D eigenvalue weighted by Gasteiger charge is 2.21. The maximum atomic E-state index is 12.3. The molecule has 1 atom stereocenters. The zero-order valence-corrected chi connectivity index (χ0v) is 12.1. The van der Waals surface area contributed by atoms with Crippen molar-refractivity contribution in [2.24, 2.45) is 11.8 Å². The van der Waals surface area contributed by atoms with Crippen LogP contribution in [-0.4, -0.2) is 19.5 Å². The molecule has 1 aromatic rings. The first-order valence-corrected chi connectivity index (χ1v) is 7.19. The summed E-state index contributed by atoms with van der Waals surface area (Å²) in [5.41, 5.74) is 3.77. The molecule has 0 aromatic heterocycles. The summed E-state index contributed by atoms with van der Waals surface area (Å²) in [4.78, 5) is 12.3. The number of aryl methyl sites for hydroxylation is 2. The first-order valence-electron chi connectivity index (χ1n) is 7.19. The van der Waals surface area contributed by atoms with Crippen molar-refractivity contribution in [2.45, 2.75) is 33.1 Å². The Hall–Kier alpha value is -1.35. The van der Waals surface area contributed by atoms with Crippen molar-refractivity contribution >= 4 is 11.6 Å². The summed E-state index contributed by atoms with van der Waals surface area (Å²) < 4.78 is 0. The highest BCUT2D eigenvalue weighted by molar-refractivity contribution is 5.93. The summed E-state index contributed by atoms with van der Waals surface area (Å²) in [6.07, 6.45) is 3.56. The average Bonchev–Trinajstić information content (AvgIpc) is 2.82. The maximum absolute atomic E-state index is 12.3. The van der Waals surface area contributed by atoms with Gasteiger partial charge >= 0.3 is 0 Å². The predicted octanol–water partition coefficient (Wildman–Crippen LogP) is 2.61. The van der Waals surface area contributed by atoms with Gasteiger partial charge in [-0.05, 0) is 55.5 Å². The molecule has 0 radical (unpaired) electrons. The Morgan fingerprint density at radius 3 is 2.68 bits per heavy atom. The number of hydrogen-bond acceptors (Lipinski definition) is 2. The van der Waals surface area contributed by atoms with Crippen LogP contribution in [0.3, 0.4) is 0 Å². The molecule has 0 spiro atoms. The van der Waals surface area contributed by atoms with Gasteiger partial charge in [0.15, 0.2) is 0 Å². The third-order valence-electron chi connectivity index (χ3n) is 3.93. The lowest BCUT2D eigenvalue weighted by molar-refractivity contribution is -0.120. The Bertz CT molecular complexity index is 454. The summed E-state index contributed by atoms with van der Waals surface area (Å²) >= 11 is 0. The van der Waals surface area contributed by atoms with Crippen molar-refractivity contribution in [1.29, 1.82) is 0 Å². The first-order chi connectivity index (χ1) is 9.11. The lowest BCUT2D eigenvalue weighted by Gasteiger charge is -2.20. The van der Waals surface area contributed by atoms with Crippen LogP contribution in [0.1, 0.15) is 31.4 Å². The van der Waals surface area contributed by atoms with Crippen LogP contribution in [0.4, 0.5) is 5.69 Å². The van der Waals surface area contributed by atoms with E-state index in [-0.39, 0.29) is 11.8 Å². The fourth-order valence-corrected chi connectivity index (χ4v) is 2.74. The molecule has 19 heavy (non-hydrogen) atoms. The van der Waals surface area contributed by atoms with Gasteiger partial charge in [-0.3, -0.25) is 4.79 Å². The zero-order valence-electron chi connectivity index (χ0n) is 12.1. The SMILES string of the molecule is CNCC(C(=O)Nc1ccc2c(c1)CCC2)C(C)C. The fraction of sp³-hybridized carbons (Fsp3) is 0.562. The van der Waals surface area contributed by atoms with Crippen molar-refractivity contribution in [1.82, 2.24) is 5.32 Å². The number of benzene rings is 1. The van der Waals surface area contributed by atoms with Gasteiger partial charge in [-0.25, -0.2) is 0 Å². The molecule has 1 aromatic carbocycles. The molecule has 2 rings (SSSR count). The molecule has 0 fully saturated rings. The Morgan fingerprint density at radius 1 is 1.26 bits per heavy atom. The number of amides is 1. The highest BCUT2D eigenvalue weighted by Crippen LogP contribution is 2.25. The molecule has 1 aliphatic rings. The van der Waals surface area contributed by atoms with Gasteiger partial charge in [-0.2, -0.15) is 0 Å². The van der Waals surface area contributed by atoms with Gasteiger partial charge in [0.05, 0.1) is 5.92 Å². The molecule has 1 aliphatic carbocycles. The second-order valence-electron chi connectivity index (χ2n) is 5.73. The van der Waals surface area contributed by atoms with Gasteiger partial charge in [0, 0.05) is 12.2 Å². The molecule has 0 aliphatic heterocycles. The first kappa shape index (κ1) is 14.1. The van der Waals surface area contributed by atoms with Crippen molar-refractivity contribution in [3.05, 3.63) is 29.3 Å². The highest BCUT2D eigenvalue weighted by atomic mass is 16.1. The van der Waals surface area contributed by atoms with Crippen LogP contribution >= 0.6 is 0 Å². The lowest BCUT2D eigenvalue weighted by atomic mass is 9.94. The van der Waals surface area contributed by atoms with E-state index in [1.165, 1.54) is 24.0 Å². The van der Waals surface area contributed by atoms with Crippen LogP contribution in [0.15, 0.2) is 18.2 Å². The smallest absolute Gasteiger partial charge is 0.229 e. The standard InChI is InChI=1S/C16H24N2O/c1-11(2)15(10-17-3)16(19)18-14-8-7-12-5-4-6-13(12)9-14/h7-9,11,15,17H,4-6,10H2,1-3H3,(H,18,19). The molecule has 3 nitrogen and oxygen atoms in total. The number of hydrogen-bond donors (Lipinski definition) is 2. The number of rotatable bonds is 5. The molecular formula is C16H24N2O. The van der Waals surface area contributed by atoms with Gasteiger partial charge < -0.3 is 10.6 Å². The molecule has 0 heterocycles. The molecule has 0 bridgehead atoms. The van der Waals surface area contributed by atoms with Crippen molar-refractivity contribution in [3.8, 4) is 0 Å². The molecule has 2 N–H and O–H groups in total. The van der Waals surface area contributed by atoms with E-state index in [1.807, 2.05) is 13.1 Å². The van der Waals surface area contributed by atoms with Crippen molar-refractivity contribution in [3.63, 3.8) is 0 Å². The Morgan fingerprint density at radius 2 is 2.00 bits per heavy atom. The van der Waals surface area contributed by atoms with Crippen LogP contribution in [-0.2, 0) is 17.6 Å². The predicted molar refractivity (Wildman–Crippen MR) is 79.4 cm³/mol. The van der Waals surface area contributed by atoms with Crippen molar-refractivity contribution < 1.29 is 4.79 Å². The third kappa shape index (κ3) is 3.35. The van der Waals surface area contributed by atoms with E-state index >= 15 is 0 Å². The summed E-state index contributed by atoms with van der Waals surface area (Å²) in [5.74, 6) is 0.461. The van der Waals surface area contributed by atoms with Crippen LogP contribution < -0.4 is 10.6 Å². The summed E-state index contributed by atoms with van der Waals surface area (Å²) in [7, 11) is 1.89. The minimum atomic E-state index is 0.0123. The average molecular weight is 260 g/mol. The largest absolute Gasteiger partial charge is 0.326 e. The molecule has 0 saturated carbocycles. The van der Waals surface area contributed by atoms with Gasteiger partial charge in [0.25, 0.3) is 0 Å². The second-order valence-corrected chi connectivity index (χ2v) is 5.73. The Labute approximate surface area is 115 Å². The summed E-state index contributed by atoms with van der Waals surface area (Å²) in [5, 5.41) is 6.16. The van der Waals surface area contributed by atoms with Crippen LogP contribution in [0.25, 0.3) is 0 Å². The summed E-state index contributed by atoms with van der Waals surface area (Å²) in [6.45, 7) is 4.89. The minimum absolute atomic E-state index is 0.0123. The molecule has 3 heteroatoms. The normalized spacial score (nSPS) is 15.4. The van der Waals surface area contributed by atoms with E-state index in [4.69, 9.17) is 0 Å². The van der Waals surface area contributed by atoms with Crippen molar-refractivity contribution in [2.75, 3.05) is 18.9 Å². The summed E-state index contributed by atoms with van der Waals surface area (Å²) in [6, 6.07) is 6.32. The van der Waals surface area contributed by atoms with E-state index in [1.54, 1.807) is 0 Å². The lowest BCUT2D eigenvalue weighted by Crippen LogP contribution is -2.34. The molecular weight excluding hydrogens is 236 g/mol. The van der Waals surface area contributed by atoms with Crippen LogP contribution in [0.5, 0.6) is 0 Å². The molecule has 0 saturated heterocycles. The quantitative estimate of drug-likeness (QED) is 0.854. The van der Waals surface area contributed by atoms with E-state index in [0.717, 1.165) is 12.1 Å². The van der Waals surface area contributed by atoms with E-state index in [0.29, 0.717) is 12.5 Å². The van der Waals surface area contributed by atoms with E-state index in [2.05, 4.69) is 36.6 Å². The van der Waals surface area contributed by atoms with Crippen LogP contribution in [0, 0.1) is 11.8 Å². The van der Waals surface area contributed by atoms with E-state index < -0.39 is 0 Å². The second kappa shape index (κ2) is 6.20. The fourth-order valence-electron chi connectivity index (χ4n) is 2.74. The molecule has 104 valence electrons. The Balaban J connectivity index is 2.05. The van der Waals surface area contributed by atoms with Gasteiger partial charge in [-0.1, -0.05) is 19.9 Å². The zero-order chi connectivity index (χ0) is 13.8. The van der Waals surface area contributed by atoms with E-state index in [9.17, 15) is 4.79 Å². The topological polar surface area (TPSA) is 41.1 Å². The van der Waals surface area contributed by atoms with Gasteiger partial charge in [0.1, 0.15) is 0 Å². The number of fused-ring (bicyclic) bond motifs is 1. The monoisotopic (exact) mass is 260 g/mol. The maximum Gasteiger partial charge on any atom is 0.229 e. The van der Waals surface area contributed by atoms with Gasteiger partial charge in [-0.15, -0.1) is 0 Å². The molecule has 1 unspecified atom stereocenters. The third-order valence-corrected chi connectivity index (χ3v) is 3.93. The minimum Gasteiger partial charge on any atom is -0.326 e. The number of carbonyl (C=O) groups excluding carboxylic acids is 1. The number of nitrogens with one attached hydrogen (secondary N) is 2. The number of anilines is 1. The Kier molecular flexibility index (Phi) is 4.59. The molecule has 1 amide bonds. The van der Waals surface area contributed by atoms with Crippen LogP contribution in [0.2, 0.25) is 0 Å².